The van der Waals surface area contributed by atoms with Crippen LogP contribution in [-0.4, -0.2) is 47.5 Å². The number of likely N-dealkylation sites (tertiary alicyclic amines) is 1. The first-order chi connectivity index (χ1) is 14.1. The van der Waals surface area contributed by atoms with Crippen molar-refractivity contribution in [3.63, 3.8) is 0 Å². The molecule has 1 aromatic carbocycles. The standard InChI is InChI=1S/C18H22N2O8S2/c1-4-14(28-30(3,25)26)17(19-15(21)10-16(19)29-5-2)18(22)27-11-12-6-8-13(9-7-12)20(23)24/h6-9,16H,4-5,10-11H2,1-3H3. The summed E-state index contributed by atoms with van der Waals surface area (Å²) in [4.78, 5) is 36.5. The third-order valence-electron chi connectivity index (χ3n) is 4.05. The summed E-state index contributed by atoms with van der Waals surface area (Å²) in [5, 5.41) is 10.4. The third kappa shape index (κ3) is 5.95. The number of carbonyl (C=O) groups excluding carboxylic acids is 2. The van der Waals surface area contributed by atoms with Gasteiger partial charge >= 0.3 is 16.1 Å². The van der Waals surface area contributed by atoms with Gasteiger partial charge in [0.15, 0.2) is 11.5 Å². The predicted molar refractivity (Wildman–Crippen MR) is 110 cm³/mol. The highest BCUT2D eigenvalue weighted by Crippen LogP contribution is 2.35. The van der Waals surface area contributed by atoms with Crippen LogP contribution in [0.1, 0.15) is 32.3 Å². The van der Waals surface area contributed by atoms with E-state index in [4.69, 9.17) is 8.92 Å². The van der Waals surface area contributed by atoms with E-state index < -0.39 is 21.0 Å². The maximum absolute atomic E-state index is 12.8. The third-order valence-corrected chi connectivity index (χ3v) is 5.65. The molecule has 12 heteroatoms. The molecule has 0 bridgehead atoms. The lowest BCUT2D eigenvalue weighted by molar-refractivity contribution is -0.384. The fraction of sp³-hybridized carbons (Fsp3) is 0.444. The van der Waals surface area contributed by atoms with Gasteiger partial charge in [0, 0.05) is 18.6 Å². The molecule has 0 spiro atoms. The average Bonchev–Trinajstić information content (AvgIpc) is 2.67. The molecule has 1 aromatic rings. The zero-order valence-corrected chi connectivity index (χ0v) is 18.3. The van der Waals surface area contributed by atoms with Gasteiger partial charge in [0.25, 0.3) is 5.69 Å². The topological polar surface area (TPSA) is 133 Å². The monoisotopic (exact) mass is 458 g/mol. The molecule has 1 amide bonds. The minimum Gasteiger partial charge on any atom is -0.456 e. The summed E-state index contributed by atoms with van der Waals surface area (Å²) < 4.78 is 33.5. The molecule has 0 N–H and O–H groups in total. The van der Waals surface area contributed by atoms with Crippen LogP contribution in [0.25, 0.3) is 0 Å². The summed E-state index contributed by atoms with van der Waals surface area (Å²) in [6, 6.07) is 5.42. The first-order valence-electron chi connectivity index (χ1n) is 9.04. The fourth-order valence-corrected chi connectivity index (χ4v) is 4.29. The highest BCUT2D eigenvalue weighted by atomic mass is 32.2. The van der Waals surface area contributed by atoms with E-state index in [0.717, 1.165) is 6.26 Å². The number of amides is 1. The number of non-ortho nitro benzene ring substituents is 1. The van der Waals surface area contributed by atoms with E-state index in [1.165, 1.54) is 40.9 Å². The van der Waals surface area contributed by atoms with Crippen molar-refractivity contribution < 1.29 is 31.9 Å². The highest BCUT2D eigenvalue weighted by Gasteiger charge is 2.43. The van der Waals surface area contributed by atoms with Crippen LogP contribution in [0.3, 0.4) is 0 Å². The number of allylic oxidation sites excluding steroid dienone is 1. The number of nitrogens with zero attached hydrogens (tertiary/aromatic N) is 2. The van der Waals surface area contributed by atoms with Crippen molar-refractivity contribution in [3.8, 4) is 0 Å². The van der Waals surface area contributed by atoms with E-state index >= 15 is 0 Å². The van der Waals surface area contributed by atoms with Crippen molar-refractivity contribution in [1.82, 2.24) is 4.90 Å². The van der Waals surface area contributed by atoms with Gasteiger partial charge in [-0.15, -0.1) is 11.8 Å². The minimum absolute atomic E-state index is 0.0440. The average molecular weight is 459 g/mol. The van der Waals surface area contributed by atoms with Crippen LogP contribution in [-0.2, 0) is 35.2 Å². The van der Waals surface area contributed by atoms with Crippen LogP contribution in [0.15, 0.2) is 35.7 Å². The van der Waals surface area contributed by atoms with Gasteiger partial charge in [0.05, 0.1) is 23.0 Å². The van der Waals surface area contributed by atoms with Gasteiger partial charge in [-0.1, -0.05) is 13.8 Å². The number of esters is 1. The molecular weight excluding hydrogens is 436 g/mol. The number of carbonyl (C=O) groups is 2. The summed E-state index contributed by atoms with van der Waals surface area (Å²) in [6.45, 7) is 3.27. The maximum atomic E-state index is 12.8. The smallest absolute Gasteiger partial charge is 0.359 e. The molecule has 1 unspecified atom stereocenters. The quantitative estimate of drug-likeness (QED) is 0.0986. The predicted octanol–water partition coefficient (Wildman–Crippen LogP) is 2.55. The zero-order valence-electron chi connectivity index (χ0n) is 16.7. The Balaban J connectivity index is 2.30. The molecule has 0 saturated carbocycles. The van der Waals surface area contributed by atoms with Crippen LogP contribution in [0, 0.1) is 10.1 Å². The number of hydrogen-bond acceptors (Lipinski definition) is 9. The van der Waals surface area contributed by atoms with Crippen LogP contribution < -0.4 is 0 Å². The van der Waals surface area contributed by atoms with Crippen LogP contribution in [0.5, 0.6) is 0 Å². The van der Waals surface area contributed by atoms with Gasteiger partial charge in [-0.05, 0) is 23.4 Å². The van der Waals surface area contributed by atoms with Crippen LogP contribution in [0.4, 0.5) is 5.69 Å². The largest absolute Gasteiger partial charge is 0.456 e. The number of hydrogen-bond donors (Lipinski definition) is 0. The Morgan fingerprint density at radius 3 is 2.40 bits per heavy atom. The molecule has 1 saturated heterocycles. The molecule has 164 valence electrons. The van der Waals surface area contributed by atoms with Crippen molar-refractivity contribution in [2.75, 3.05) is 12.0 Å². The molecule has 0 radical (unpaired) electrons. The Kier molecular flexibility index (Phi) is 7.84. The van der Waals surface area contributed by atoms with Gasteiger partial charge in [-0.25, -0.2) is 4.79 Å². The van der Waals surface area contributed by atoms with Crippen LogP contribution in [0.2, 0.25) is 0 Å². The second-order valence-electron chi connectivity index (χ2n) is 6.29. The molecule has 1 aliphatic rings. The van der Waals surface area contributed by atoms with Crippen molar-refractivity contribution in [2.24, 2.45) is 0 Å². The number of rotatable bonds is 10. The van der Waals surface area contributed by atoms with Crippen molar-refractivity contribution >= 4 is 39.4 Å². The van der Waals surface area contributed by atoms with E-state index in [0.29, 0.717) is 11.3 Å². The number of β-lactam (4-membered cyclic amide) rings is 1. The van der Waals surface area contributed by atoms with Gasteiger partial charge in [-0.3, -0.25) is 19.8 Å². The Labute approximate surface area is 178 Å². The number of benzene rings is 1. The van der Waals surface area contributed by atoms with E-state index in [2.05, 4.69) is 0 Å². The number of nitro benzene ring substituents is 1. The Morgan fingerprint density at radius 1 is 1.30 bits per heavy atom. The maximum Gasteiger partial charge on any atom is 0.359 e. The molecule has 30 heavy (non-hydrogen) atoms. The van der Waals surface area contributed by atoms with Crippen molar-refractivity contribution in [3.05, 3.63) is 51.4 Å². The SMILES string of the molecule is CCSC1CC(=O)N1C(C(=O)OCc1ccc([N+](=O)[O-])cc1)=C(CC)OS(C)(=O)=O. The second-order valence-corrected chi connectivity index (χ2v) is 9.32. The number of thioether (sulfide) groups is 1. The van der Waals surface area contributed by atoms with Gasteiger partial charge in [0.1, 0.15) is 6.61 Å². The van der Waals surface area contributed by atoms with Gasteiger partial charge in [0.2, 0.25) is 5.91 Å². The Morgan fingerprint density at radius 2 is 1.93 bits per heavy atom. The number of ether oxygens (including phenoxy) is 1. The molecular formula is C18H22N2O8S2. The first kappa shape index (κ1) is 23.7. The number of nitro groups is 1. The fourth-order valence-electron chi connectivity index (χ4n) is 2.71. The molecule has 2 rings (SSSR count). The summed E-state index contributed by atoms with van der Waals surface area (Å²) in [5.74, 6) is -0.746. The molecule has 0 aliphatic carbocycles. The first-order valence-corrected chi connectivity index (χ1v) is 11.9. The molecule has 1 atom stereocenters. The Hall–Kier alpha value is -2.60. The van der Waals surface area contributed by atoms with E-state index in [1.807, 2.05) is 6.92 Å². The van der Waals surface area contributed by atoms with E-state index in [1.54, 1.807) is 6.92 Å². The molecule has 10 nitrogen and oxygen atoms in total. The summed E-state index contributed by atoms with van der Waals surface area (Å²) in [7, 11) is -3.93. The summed E-state index contributed by atoms with van der Waals surface area (Å²) in [5.41, 5.74) is 0.142. The molecule has 1 heterocycles. The summed E-state index contributed by atoms with van der Waals surface area (Å²) in [6.07, 6.45) is 1.11. The second kappa shape index (κ2) is 9.94. The lowest BCUT2D eigenvalue weighted by Crippen LogP contribution is -2.52. The van der Waals surface area contributed by atoms with Gasteiger partial charge < -0.3 is 8.92 Å². The summed E-state index contributed by atoms with van der Waals surface area (Å²) >= 11 is 1.43. The van der Waals surface area contributed by atoms with E-state index in [-0.39, 0.29) is 47.9 Å². The van der Waals surface area contributed by atoms with Gasteiger partial charge in [-0.2, -0.15) is 8.42 Å². The normalized spacial score (nSPS) is 17.1. The Bertz CT molecular complexity index is 957. The highest BCUT2D eigenvalue weighted by molar-refractivity contribution is 7.99. The molecule has 1 fully saturated rings. The molecule has 1 aliphatic heterocycles. The van der Waals surface area contributed by atoms with Crippen molar-refractivity contribution in [2.45, 2.75) is 38.7 Å². The minimum atomic E-state index is -3.93. The van der Waals surface area contributed by atoms with E-state index in [9.17, 15) is 28.1 Å². The van der Waals surface area contributed by atoms with Crippen LogP contribution >= 0.6 is 11.8 Å². The lowest BCUT2D eigenvalue weighted by Gasteiger charge is -2.40. The zero-order chi connectivity index (χ0) is 22.5. The lowest BCUT2D eigenvalue weighted by atomic mass is 10.1. The van der Waals surface area contributed by atoms with Crippen molar-refractivity contribution in [1.29, 1.82) is 0 Å². The molecule has 0 aromatic heterocycles.